The molecule has 1 amide bonds. The molecule has 1 aliphatic rings. The van der Waals surface area contributed by atoms with E-state index in [1.807, 2.05) is 17.0 Å². The lowest BCUT2D eigenvalue weighted by Crippen LogP contribution is -2.34. The summed E-state index contributed by atoms with van der Waals surface area (Å²) in [5, 5.41) is 7.91. The maximum atomic E-state index is 12.2. The summed E-state index contributed by atoms with van der Waals surface area (Å²) in [5.74, 6) is 1.14. The van der Waals surface area contributed by atoms with Crippen molar-refractivity contribution in [1.82, 2.24) is 20.4 Å². The Labute approximate surface area is 139 Å². The first-order chi connectivity index (χ1) is 11.2. The predicted molar refractivity (Wildman–Crippen MR) is 87.1 cm³/mol. The van der Waals surface area contributed by atoms with Crippen LogP contribution in [0.25, 0.3) is 11.4 Å². The Kier molecular flexibility index (Phi) is 5.25. The number of nitrogens with one attached hydrogen (secondary N) is 1. The summed E-state index contributed by atoms with van der Waals surface area (Å²) >= 11 is 5.86. The molecule has 23 heavy (non-hydrogen) atoms. The Morgan fingerprint density at radius 2 is 2.09 bits per heavy atom. The third kappa shape index (κ3) is 4.30. The fourth-order valence-corrected chi connectivity index (χ4v) is 2.67. The minimum atomic E-state index is 0.139. The van der Waals surface area contributed by atoms with E-state index in [2.05, 4.69) is 15.5 Å². The lowest BCUT2D eigenvalue weighted by Gasteiger charge is -2.19. The SMILES string of the molecule is O=C(CCc1nc(-c2ccc(Cl)cc2)no1)N1CCCNCC1. The normalized spacial score (nSPS) is 15.4. The lowest BCUT2D eigenvalue weighted by molar-refractivity contribution is -0.131. The number of hydrogen-bond donors (Lipinski definition) is 1. The van der Waals surface area contributed by atoms with Crippen molar-refractivity contribution in [2.75, 3.05) is 26.2 Å². The van der Waals surface area contributed by atoms with Crippen LogP contribution in [0.4, 0.5) is 0 Å². The van der Waals surface area contributed by atoms with Crippen molar-refractivity contribution in [1.29, 1.82) is 0 Å². The number of hydrogen-bond acceptors (Lipinski definition) is 5. The smallest absolute Gasteiger partial charge is 0.227 e. The maximum Gasteiger partial charge on any atom is 0.227 e. The summed E-state index contributed by atoms with van der Waals surface area (Å²) < 4.78 is 5.23. The second kappa shape index (κ2) is 7.57. The van der Waals surface area contributed by atoms with Gasteiger partial charge in [-0.25, -0.2) is 0 Å². The molecular weight excluding hydrogens is 316 g/mol. The van der Waals surface area contributed by atoms with Crippen molar-refractivity contribution < 1.29 is 9.32 Å². The zero-order chi connectivity index (χ0) is 16.1. The van der Waals surface area contributed by atoms with Gasteiger partial charge in [-0.3, -0.25) is 4.79 Å². The third-order valence-corrected chi connectivity index (χ3v) is 4.07. The Hall–Kier alpha value is -1.92. The molecule has 7 heteroatoms. The van der Waals surface area contributed by atoms with Gasteiger partial charge in [-0.1, -0.05) is 16.8 Å². The number of carbonyl (C=O) groups is 1. The van der Waals surface area contributed by atoms with Crippen LogP contribution in [-0.4, -0.2) is 47.1 Å². The molecule has 1 aromatic carbocycles. The van der Waals surface area contributed by atoms with Gasteiger partial charge in [0.15, 0.2) is 0 Å². The Morgan fingerprint density at radius 3 is 2.91 bits per heavy atom. The van der Waals surface area contributed by atoms with Crippen LogP contribution >= 0.6 is 11.6 Å². The second-order valence-electron chi connectivity index (χ2n) is 5.50. The maximum absolute atomic E-state index is 12.2. The van der Waals surface area contributed by atoms with Crippen LogP contribution in [0, 0.1) is 0 Å². The summed E-state index contributed by atoms with van der Waals surface area (Å²) in [6.07, 6.45) is 1.85. The van der Waals surface area contributed by atoms with E-state index >= 15 is 0 Å². The molecule has 1 fully saturated rings. The van der Waals surface area contributed by atoms with E-state index in [1.54, 1.807) is 12.1 Å². The molecule has 0 unspecified atom stereocenters. The van der Waals surface area contributed by atoms with Crippen LogP contribution < -0.4 is 5.32 Å². The molecule has 0 radical (unpaired) electrons. The molecule has 0 aliphatic carbocycles. The molecule has 1 N–H and O–H groups in total. The molecule has 2 aromatic rings. The van der Waals surface area contributed by atoms with Crippen LogP contribution in [0.2, 0.25) is 5.02 Å². The standard InChI is InChI=1S/C16H19ClN4O2/c17-13-4-2-12(3-5-13)16-19-14(23-20-16)6-7-15(22)21-10-1-8-18-9-11-21/h2-5,18H,1,6-11H2. The molecular formula is C16H19ClN4O2. The fourth-order valence-electron chi connectivity index (χ4n) is 2.54. The van der Waals surface area contributed by atoms with Gasteiger partial charge in [0, 0.05) is 43.1 Å². The first-order valence-electron chi connectivity index (χ1n) is 7.79. The highest BCUT2D eigenvalue weighted by Crippen LogP contribution is 2.19. The van der Waals surface area contributed by atoms with E-state index in [9.17, 15) is 4.79 Å². The zero-order valence-electron chi connectivity index (χ0n) is 12.8. The van der Waals surface area contributed by atoms with Gasteiger partial charge in [-0.2, -0.15) is 4.98 Å². The average molecular weight is 335 g/mol. The van der Waals surface area contributed by atoms with Gasteiger partial charge in [0.2, 0.25) is 17.6 Å². The predicted octanol–water partition coefficient (Wildman–Crippen LogP) is 2.14. The van der Waals surface area contributed by atoms with Gasteiger partial charge in [0.1, 0.15) is 0 Å². The van der Waals surface area contributed by atoms with Gasteiger partial charge >= 0.3 is 0 Å². The number of amides is 1. The minimum Gasteiger partial charge on any atom is -0.341 e. The van der Waals surface area contributed by atoms with E-state index < -0.39 is 0 Å². The molecule has 122 valence electrons. The third-order valence-electron chi connectivity index (χ3n) is 3.82. The van der Waals surface area contributed by atoms with E-state index in [0.29, 0.717) is 29.6 Å². The monoisotopic (exact) mass is 334 g/mol. The molecule has 6 nitrogen and oxygen atoms in total. The Morgan fingerprint density at radius 1 is 1.26 bits per heavy atom. The van der Waals surface area contributed by atoms with Crippen molar-refractivity contribution in [2.45, 2.75) is 19.3 Å². The van der Waals surface area contributed by atoms with Crippen molar-refractivity contribution >= 4 is 17.5 Å². The van der Waals surface area contributed by atoms with E-state index in [1.165, 1.54) is 0 Å². The molecule has 0 spiro atoms. The van der Waals surface area contributed by atoms with Crippen LogP contribution in [0.3, 0.4) is 0 Å². The van der Waals surface area contributed by atoms with E-state index in [-0.39, 0.29) is 5.91 Å². The largest absolute Gasteiger partial charge is 0.341 e. The number of carbonyl (C=O) groups excluding carboxylic acids is 1. The number of rotatable bonds is 4. The van der Waals surface area contributed by atoms with Crippen LogP contribution in [0.1, 0.15) is 18.7 Å². The lowest BCUT2D eigenvalue weighted by atomic mass is 10.2. The summed E-state index contributed by atoms with van der Waals surface area (Å²) in [7, 11) is 0. The van der Waals surface area contributed by atoms with E-state index in [0.717, 1.165) is 38.2 Å². The van der Waals surface area contributed by atoms with Gasteiger partial charge in [0.25, 0.3) is 0 Å². The fraction of sp³-hybridized carbons (Fsp3) is 0.438. The number of aryl methyl sites for hydroxylation is 1. The summed E-state index contributed by atoms with van der Waals surface area (Å²) in [6.45, 7) is 3.40. The van der Waals surface area contributed by atoms with Crippen LogP contribution in [0.5, 0.6) is 0 Å². The number of aromatic nitrogens is 2. The number of halogens is 1. The first-order valence-corrected chi connectivity index (χ1v) is 8.17. The van der Waals surface area contributed by atoms with Gasteiger partial charge in [-0.15, -0.1) is 0 Å². The Balaban J connectivity index is 1.56. The topological polar surface area (TPSA) is 71.3 Å². The highest BCUT2D eigenvalue weighted by atomic mass is 35.5. The zero-order valence-corrected chi connectivity index (χ0v) is 13.6. The number of benzene rings is 1. The first kappa shape index (κ1) is 16.0. The van der Waals surface area contributed by atoms with Gasteiger partial charge in [0.05, 0.1) is 0 Å². The van der Waals surface area contributed by atoms with E-state index in [4.69, 9.17) is 16.1 Å². The van der Waals surface area contributed by atoms with Crippen molar-refractivity contribution in [3.8, 4) is 11.4 Å². The Bertz CT molecular complexity index is 648. The molecule has 1 saturated heterocycles. The quantitative estimate of drug-likeness (QED) is 0.927. The summed E-state index contributed by atoms with van der Waals surface area (Å²) in [6, 6.07) is 7.24. The minimum absolute atomic E-state index is 0.139. The molecule has 0 bridgehead atoms. The van der Waals surface area contributed by atoms with Crippen LogP contribution in [0.15, 0.2) is 28.8 Å². The molecule has 1 aliphatic heterocycles. The summed E-state index contributed by atoms with van der Waals surface area (Å²) in [5.41, 5.74) is 0.842. The van der Waals surface area contributed by atoms with Crippen LogP contribution in [-0.2, 0) is 11.2 Å². The van der Waals surface area contributed by atoms with Crippen molar-refractivity contribution in [3.05, 3.63) is 35.2 Å². The molecule has 0 saturated carbocycles. The number of nitrogens with zero attached hydrogens (tertiary/aromatic N) is 3. The average Bonchev–Trinajstić information content (AvgIpc) is 2.86. The molecule has 0 atom stereocenters. The van der Waals surface area contributed by atoms with Gasteiger partial charge in [-0.05, 0) is 37.2 Å². The molecule has 2 heterocycles. The van der Waals surface area contributed by atoms with Crippen molar-refractivity contribution in [2.24, 2.45) is 0 Å². The van der Waals surface area contributed by atoms with Gasteiger partial charge < -0.3 is 14.7 Å². The molecule has 3 rings (SSSR count). The highest BCUT2D eigenvalue weighted by Gasteiger charge is 2.17. The highest BCUT2D eigenvalue weighted by molar-refractivity contribution is 6.30. The molecule has 1 aromatic heterocycles. The summed E-state index contributed by atoms with van der Waals surface area (Å²) in [4.78, 5) is 18.5. The van der Waals surface area contributed by atoms with Crippen molar-refractivity contribution in [3.63, 3.8) is 0 Å². The second-order valence-corrected chi connectivity index (χ2v) is 5.94.